The number of hydrogen-bond acceptors (Lipinski definition) is 4. The Morgan fingerprint density at radius 2 is 1.61 bits per heavy atom. The van der Waals surface area contributed by atoms with Crippen molar-refractivity contribution in [3.8, 4) is 22.4 Å². The molecule has 3 aromatic carbocycles. The molecule has 0 saturated heterocycles. The second-order valence-corrected chi connectivity index (χ2v) is 10.5. The maximum Gasteiger partial charge on any atom is 0.416 e. The lowest BCUT2D eigenvalue weighted by molar-refractivity contribution is -0.137. The first-order valence-corrected chi connectivity index (χ1v) is 13.7. The van der Waals surface area contributed by atoms with Gasteiger partial charge in [0.25, 0.3) is 5.91 Å². The summed E-state index contributed by atoms with van der Waals surface area (Å²) in [5, 5.41) is 2.85. The number of halogens is 3. The Morgan fingerprint density at radius 3 is 2.23 bits per heavy atom. The highest BCUT2D eigenvalue weighted by molar-refractivity contribution is 6.09. The van der Waals surface area contributed by atoms with E-state index in [1.807, 2.05) is 61.6 Å². The van der Waals surface area contributed by atoms with E-state index in [0.717, 1.165) is 41.1 Å². The summed E-state index contributed by atoms with van der Waals surface area (Å²) in [5.74, 6) is 0.134. The summed E-state index contributed by atoms with van der Waals surface area (Å²) < 4.78 is 40.8. The standard InChI is InChI=1S/C34H30F3N5O2/c1-40(2)28-16-17-31(38-19-28)25-10-8-23(9-11-25)20-42(22-43)32-18-27(21-41(32)3)39-33(44)30-7-5-4-6-29(30)24-12-14-26(15-13-24)34(35,36)37/h4-19,21-22H,20H2,1-3H3,(H,39,44). The molecule has 5 aromatic rings. The van der Waals surface area contributed by atoms with Crippen LogP contribution in [-0.4, -0.2) is 36.0 Å². The highest BCUT2D eigenvalue weighted by Crippen LogP contribution is 2.32. The van der Waals surface area contributed by atoms with Crippen molar-refractivity contribution in [3.05, 3.63) is 120 Å². The smallest absolute Gasteiger partial charge is 0.376 e. The molecule has 2 amide bonds. The molecule has 0 atom stereocenters. The first kappa shape index (κ1) is 30.1. The lowest BCUT2D eigenvalue weighted by Crippen LogP contribution is -2.22. The van der Waals surface area contributed by atoms with E-state index in [-0.39, 0.29) is 0 Å². The number of aryl methyl sites for hydroxylation is 1. The molecule has 0 aliphatic heterocycles. The van der Waals surface area contributed by atoms with Gasteiger partial charge in [-0.05, 0) is 47.0 Å². The normalized spacial score (nSPS) is 11.2. The molecule has 0 spiro atoms. The summed E-state index contributed by atoms with van der Waals surface area (Å²) in [6, 6.07) is 24.8. The lowest BCUT2D eigenvalue weighted by atomic mass is 9.98. The molecule has 0 aliphatic carbocycles. The van der Waals surface area contributed by atoms with E-state index in [1.165, 1.54) is 17.0 Å². The molecule has 10 heteroatoms. The van der Waals surface area contributed by atoms with Gasteiger partial charge >= 0.3 is 6.18 Å². The van der Waals surface area contributed by atoms with Crippen molar-refractivity contribution in [1.82, 2.24) is 9.55 Å². The van der Waals surface area contributed by atoms with E-state index >= 15 is 0 Å². The number of carbonyl (C=O) groups excluding carboxylic acids is 2. The average molecular weight is 598 g/mol. The first-order valence-electron chi connectivity index (χ1n) is 13.7. The monoisotopic (exact) mass is 597 g/mol. The molecule has 7 nitrogen and oxygen atoms in total. The molecule has 224 valence electrons. The highest BCUT2D eigenvalue weighted by atomic mass is 19.4. The van der Waals surface area contributed by atoms with Gasteiger partial charge in [-0.25, -0.2) is 0 Å². The Labute approximate surface area is 253 Å². The second-order valence-electron chi connectivity index (χ2n) is 10.5. The highest BCUT2D eigenvalue weighted by Gasteiger charge is 2.30. The molecule has 0 aliphatic rings. The molecule has 0 saturated carbocycles. The average Bonchev–Trinajstić information content (AvgIpc) is 3.39. The van der Waals surface area contributed by atoms with Crippen LogP contribution in [0.25, 0.3) is 22.4 Å². The Balaban J connectivity index is 1.30. The van der Waals surface area contributed by atoms with Crippen LogP contribution in [-0.2, 0) is 24.6 Å². The van der Waals surface area contributed by atoms with E-state index in [2.05, 4.69) is 10.3 Å². The molecule has 44 heavy (non-hydrogen) atoms. The minimum absolute atomic E-state index is 0.302. The van der Waals surface area contributed by atoms with Crippen molar-refractivity contribution in [2.45, 2.75) is 12.7 Å². The van der Waals surface area contributed by atoms with Gasteiger partial charge in [-0.15, -0.1) is 0 Å². The van der Waals surface area contributed by atoms with Crippen molar-refractivity contribution in [1.29, 1.82) is 0 Å². The number of rotatable bonds is 9. The van der Waals surface area contributed by atoms with Gasteiger partial charge in [0.2, 0.25) is 6.41 Å². The van der Waals surface area contributed by atoms with Gasteiger partial charge in [0.05, 0.1) is 35.4 Å². The third-order valence-corrected chi connectivity index (χ3v) is 7.22. The van der Waals surface area contributed by atoms with Gasteiger partial charge in [0.15, 0.2) is 0 Å². The lowest BCUT2D eigenvalue weighted by Gasteiger charge is -2.18. The third kappa shape index (κ3) is 6.64. The van der Waals surface area contributed by atoms with Crippen LogP contribution in [0.3, 0.4) is 0 Å². The van der Waals surface area contributed by atoms with E-state index < -0.39 is 17.6 Å². The summed E-state index contributed by atoms with van der Waals surface area (Å²) in [4.78, 5) is 33.5. The summed E-state index contributed by atoms with van der Waals surface area (Å²) in [7, 11) is 5.68. The molecule has 0 bridgehead atoms. The van der Waals surface area contributed by atoms with Crippen LogP contribution in [0, 0.1) is 0 Å². The predicted octanol–water partition coefficient (Wildman–Crippen LogP) is 7.25. The van der Waals surface area contributed by atoms with Gasteiger partial charge in [-0.1, -0.05) is 54.6 Å². The molecular weight excluding hydrogens is 567 g/mol. The van der Waals surface area contributed by atoms with E-state index in [4.69, 9.17) is 0 Å². The fourth-order valence-corrected chi connectivity index (χ4v) is 4.85. The SMILES string of the molecule is CN(C)c1ccc(-c2ccc(CN(C=O)c3cc(NC(=O)c4ccccc4-c4ccc(C(F)(F)F)cc4)cn3C)cc2)nc1. The van der Waals surface area contributed by atoms with Crippen molar-refractivity contribution in [3.63, 3.8) is 0 Å². The van der Waals surface area contributed by atoms with Crippen LogP contribution < -0.4 is 15.1 Å². The predicted molar refractivity (Wildman–Crippen MR) is 166 cm³/mol. The van der Waals surface area contributed by atoms with E-state index in [1.54, 1.807) is 48.1 Å². The number of pyridine rings is 1. The van der Waals surface area contributed by atoms with Crippen LogP contribution in [0.5, 0.6) is 0 Å². The molecule has 0 unspecified atom stereocenters. The fraction of sp³-hybridized carbons (Fsp3) is 0.147. The number of hydrogen-bond donors (Lipinski definition) is 1. The maximum absolute atomic E-state index is 13.3. The molecule has 1 N–H and O–H groups in total. The second kappa shape index (κ2) is 12.5. The van der Waals surface area contributed by atoms with Crippen LogP contribution >= 0.6 is 0 Å². The number of aromatic nitrogens is 2. The topological polar surface area (TPSA) is 70.5 Å². The van der Waals surface area contributed by atoms with Crippen molar-refractivity contribution < 1.29 is 22.8 Å². The van der Waals surface area contributed by atoms with Crippen molar-refractivity contribution >= 4 is 29.5 Å². The fourth-order valence-electron chi connectivity index (χ4n) is 4.85. The van der Waals surface area contributed by atoms with Crippen molar-refractivity contribution in [2.24, 2.45) is 7.05 Å². The number of benzene rings is 3. The Hall–Kier alpha value is -5.38. The van der Waals surface area contributed by atoms with E-state index in [0.29, 0.717) is 34.7 Å². The molecule has 5 rings (SSSR count). The van der Waals surface area contributed by atoms with Crippen LogP contribution in [0.15, 0.2) is 103 Å². The third-order valence-electron chi connectivity index (χ3n) is 7.22. The number of nitrogens with one attached hydrogen (secondary N) is 1. The molecular formula is C34H30F3N5O2. The van der Waals surface area contributed by atoms with Crippen LogP contribution in [0.1, 0.15) is 21.5 Å². The van der Waals surface area contributed by atoms with Crippen LogP contribution in [0.2, 0.25) is 0 Å². The van der Waals surface area contributed by atoms with Gasteiger partial charge in [0.1, 0.15) is 5.82 Å². The molecule has 0 fully saturated rings. The van der Waals surface area contributed by atoms with Gasteiger partial charge in [-0.3, -0.25) is 19.5 Å². The largest absolute Gasteiger partial charge is 0.416 e. The van der Waals surface area contributed by atoms with Crippen LogP contribution in [0.4, 0.5) is 30.4 Å². The summed E-state index contributed by atoms with van der Waals surface area (Å²) in [6.07, 6.45) is -0.209. The Kier molecular flexibility index (Phi) is 8.52. The number of amides is 2. The number of nitrogens with zero attached hydrogens (tertiary/aromatic N) is 4. The zero-order chi connectivity index (χ0) is 31.4. The molecule has 2 heterocycles. The number of anilines is 3. The Morgan fingerprint density at radius 1 is 0.932 bits per heavy atom. The molecule has 2 aromatic heterocycles. The summed E-state index contributed by atoms with van der Waals surface area (Å²) in [5.41, 5.74) is 4.70. The van der Waals surface area contributed by atoms with Crippen molar-refractivity contribution in [2.75, 3.05) is 29.2 Å². The summed E-state index contributed by atoms with van der Waals surface area (Å²) >= 11 is 0. The first-order chi connectivity index (χ1) is 21.0. The maximum atomic E-state index is 13.3. The zero-order valence-corrected chi connectivity index (χ0v) is 24.3. The number of carbonyl (C=O) groups is 2. The quantitative estimate of drug-likeness (QED) is 0.182. The minimum atomic E-state index is -4.45. The van der Waals surface area contributed by atoms with Gasteiger partial charge in [0, 0.05) is 44.5 Å². The zero-order valence-electron chi connectivity index (χ0n) is 24.3. The summed E-state index contributed by atoms with van der Waals surface area (Å²) in [6.45, 7) is 0.304. The molecule has 0 radical (unpaired) electrons. The number of alkyl halides is 3. The van der Waals surface area contributed by atoms with E-state index in [9.17, 15) is 22.8 Å². The minimum Gasteiger partial charge on any atom is -0.376 e. The van der Waals surface area contributed by atoms with Gasteiger partial charge in [-0.2, -0.15) is 13.2 Å². The Bertz CT molecular complexity index is 1760. The van der Waals surface area contributed by atoms with Gasteiger partial charge < -0.3 is 14.8 Å².